The summed E-state index contributed by atoms with van der Waals surface area (Å²) in [6, 6.07) is 9.33. The monoisotopic (exact) mass is 516 g/mol. The topological polar surface area (TPSA) is 114 Å². The Kier molecular flexibility index (Phi) is 11.9. The molecule has 0 saturated carbocycles. The van der Waals surface area contributed by atoms with Gasteiger partial charge in [-0.25, -0.2) is 0 Å². The van der Waals surface area contributed by atoms with Gasteiger partial charge in [-0.15, -0.1) is 0 Å². The third kappa shape index (κ3) is 9.91. The van der Waals surface area contributed by atoms with E-state index in [0.29, 0.717) is 30.3 Å². The second kappa shape index (κ2) is 14.1. The number of aryl methyl sites for hydroxylation is 1. The van der Waals surface area contributed by atoms with Crippen molar-refractivity contribution in [3.8, 4) is 11.5 Å². The van der Waals surface area contributed by atoms with Crippen molar-refractivity contribution in [2.75, 3.05) is 13.2 Å². The van der Waals surface area contributed by atoms with E-state index in [-0.39, 0.29) is 23.9 Å². The Labute approximate surface area is 222 Å². The molecule has 37 heavy (non-hydrogen) atoms. The lowest BCUT2D eigenvalue weighted by molar-refractivity contribution is 0.0755. The van der Waals surface area contributed by atoms with Crippen molar-refractivity contribution < 1.29 is 25.2 Å². The Hall–Kier alpha value is -2.16. The van der Waals surface area contributed by atoms with E-state index >= 15 is 0 Å². The average molecular weight is 517 g/mol. The van der Waals surface area contributed by atoms with Gasteiger partial charge in [-0.2, -0.15) is 0 Å². The number of rotatable bonds is 10. The molecule has 0 saturated heterocycles. The number of aliphatic hydroxyl groups excluding tert-OH is 3. The largest absolute Gasteiger partial charge is 0.508 e. The first kappa shape index (κ1) is 31.1. The standard InChI is InChI=1S/C17H27NO2.C13H21NO3/c1-11(2)18-13(4)16(19)10-20-17-9-8-12(3)14-6-5-7-15(14)17;1-13(2,3)14-7-12(17)9-4-5-11(16)10(6-9)8-15/h8-9,11,13,16,18-19H,5-7,10H2,1-4H3;4-6,12,14-17H,7-8H2,1-3H3/t13-,16-;/m0./s1. The van der Waals surface area contributed by atoms with Gasteiger partial charge in [0.2, 0.25) is 0 Å². The number of hydrogen-bond acceptors (Lipinski definition) is 7. The molecule has 6 N–H and O–H groups in total. The zero-order chi connectivity index (χ0) is 27.8. The lowest BCUT2D eigenvalue weighted by Gasteiger charge is -2.23. The van der Waals surface area contributed by atoms with E-state index in [9.17, 15) is 15.3 Å². The van der Waals surface area contributed by atoms with E-state index in [0.717, 1.165) is 18.6 Å². The van der Waals surface area contributed by atoms with Crippen LogP contribution in [0, 0.1) is 6.92 Å². The highest BCUT2D eigenvalue weighted by atomic mass is 16.5. The van der Waals surface area contributed by atoms with Gasteiger partial charge < -0.3 is 35.8 Å². The highest BCUT2D eigenvalue weighted by molar-refractivity contribution is 5.47. The molecule has 0 aliphatic heterocycles. The summed E-state index contributed by atoms with van der Waals surface area (Å²) in [4.78, 5) is 0. The van der Waals surface area contributed by atoms with E-state index in [1.807, 2.05) is 33.8 Å². The normalized spacial score (nSPS) is 15.5. The molecule has 3 rings (SSSR count). The molecule has 208 valence electrons. The van der Waals surface area contributed by atoms with Crippen LogP contribution in [0.5, 0.6) is 11.5 Å². The highest BCUT2D eigenvalue weighted by Crippen LogP contribution is 2.33. The van der Waals surface area contributed by atoms with Gasteiger partial charge in [0, 0.05) is 29.7 Å². The first-order valence-corrected chi connectivity index (χ1v) is 13.4. The van der Waals surface area contributed by atoms with Gasteiger partial charge in [0.15, 0.2) is 0 Å². The smallest absolute Gasteiger partial charge is 0.122 e. The zero-order valence-corrected chi connectivity index (χ0v) is 23.6. The number of fused-ring (bicyclic) bond motifs is 1. The van der Waals surface area contributed by atoms with E-state index < -0.39 is 12.2 Å². The molecule has 0 heterocycles. The van der Waals surface area contributed by atoms with Crippen molar-refractivity contribution >= 4 is 0 Å². The minimum Gasteiger partial charge on any atom is -0.508 e. The summed E-state index contributed by atoms with van der Waals surface area (Å²) in [6.07, 6.45) is 2.33. The third-order valence-corrected chi connectivity index (χ3v) is 6.54. The van der Waals surface area contributed by atoms with Gasteiger partial charge in [0.05, 0.1) is 12.7 Å². The summed E-state index contributed by atoms with van der Waals surface area (Å²) in [7, 11) is 0. The number of β-amino-alcohol motifs (C(OH)–C–C–N with tert-alkyl or cyclic N) is 1. The minimum absolute atomic E-state index is 0.0356. The van der Waals surface area contributed by atoms with E-state index in [2.05, 4.69) is 37.5 Å². The molecule has 0 spiro atoms. The lowest BCUT2D eigenvalue weighted by atomic mass is 10.0. The Balaban J connectivity index is 0.000000264. The summed E-state index contributed by atoms with van der Waals surface area (Å²) in [6.45, 7) is 14.9. The second-order valence-corrected chi connectivity index (χ2v) is 11.4. The van der Waals surface area contributed by atoms with Crippen LogP contribution in [0.25, 0.3) is 0 Å². The van der Waals surface area contributed by atoms with Gasteiger partial charge >= 0.3 is 0 Å². The maximum atomic E-state index is 10.1. The summed E-state index contributed by atoms with van der Waals surface area (Å²) >= 11 is 0. The summed E-state index contributed by atoms with van der Waals surface area (Å²) in [5, 5.41) is 45.1. The Morgan fingerprint density at radius 1 is 1.00 bits per heavy atom. The Morgan fingerprint density at radius 2 is 1.68 bits per heavy atom. The van der Waals surface area contributed by atoms with Crippen LogP contribution in [0.2, 0.25) is 0 Å². The molecule has 3 atom stereocenters. The number of hydrogen-bond donors (Lipinski definition) is 6. The van der Waals surface area contributed by atoms with Crippen molar-refractivity contribution in [1.82, 2.24) is 10.6 Å². The maximum absolute atomic E-state index is 10.1. The number of nitrogens with one attached hydrogen (secondary N) is 2. The molecule has 2 aromatic rings. The minimum atomic E-state index is -0.653. The third-order valence-electron chi connectivity index (χ3n) is 6.54. The van der Waals surface area contributed by atoms with Crippen molar-refractivity contribution in [3.05, 3.63) is 58.1 Å². The zero-order valence-electron chi connectivity index (χ0n) is 23.6. The van der Waals surface area contributed by atoms with Crippen molar-refractivity contribution in [3.63, 3.8) is 0 Å². The number of aromatic hydroxyl groups is 1. The quantitative estimate of drug-likeness (QED) is 0.284. The first-order chi connectivity index (χ1) is 17.3. The summed E-state index contributed by atoms with van der Waals surface area (Å²) in [5.74, 6) is 1.01. The maximum Gasteiger partial charge on any atom is 0.122 e. The molecule has 1 aliphatic rings. The number of ether oxygens (including phenoxy) is 1. The average Bonchev–Trinajstić information content (AvgIpc) is 3.33. The van der Waals surface area contributed by atoms with Crippen LogP contribution in [0.15, 0.2) is 30.3 Å². The van der Waals surface area contributed by atoms with E-state index in [1.54, 1.807) is 12.1 Å². The van der Waals surface area contributed by atoms with Crippen LogP contribution in [0.1, 0.15) is 81.9 Å². The molecule has 0 fully saturated rings. The Bertz CT molecular complexity index is 987. The van der Waals surface area contributed by atoms with Crippen LogP contribution < -0.4 is 15.4 Å². The van der Waals surface area contributed by atoms with Crippen molar-refractivity contribution in [1.29, 1.82) is 0 Å². The fourth-order valence-electron chi connectivity index (χ4n) is 4.40. The molecule has 1 aliphatic carbocycles. The summed E-state index contributed by atoms with van der Waals surface area (Å²) < 4.78 is 5.88. The highest BCUT2D eigenvalue weighted by Gasteiger charge is 2.20. The molecule has 7 nitrogen and oxygen atoms in total. The Morgan fingerprint density at radius 3 is 2.30 bits per heavy atom. The van der Waals surface area contributed by atoms with E-state index in [1.165, 1.54) is 29.2 Å². The molecule has 0 radical (unpaired) electrons. The van der Waals surface area contributed by atoms with Gasteiger partial charge in [0.1, 0.15) is 24.2 Å². The predicted octanol–water partition coefficient (Wildman–Crippen LogP) is 3.92. The SMILES string of the molecule is CC(C)(C)NCC(O)c1ccc(O)c(CO)c1.Cc1ccc(OC[C@H](O)[C@H](C)NC(C)C)c2c1CCC2. The fourth-order valence-corrected chi connectivity index (χ4v) is 4.40. The molecule has 1 unspecified atom stereocenters. The van der Waals surface area contributed by atoms with Crippen LogP contribution >= 0.6 is 0 Å². The van der Waals surface area contributed by atoms with Crippen LogP contribution in [-0.4, -0.2) is 57.3 Å². The van der Waals surface area contributed by atoms with Crippen LogP contribution in [0.3, 0.4) is 0 Å². The number of phenols is 1. The molecular formula is C30H48N2O5. The van der Waals surface area contributed by atoms with Crippen molar-refractivity contribution in [2.45, 2.75) is 104 Å². The molecule has 0 aromatic heterocycles. The van der Waals surface area contributed by atoms with Crippen LogP contribution in [0.4, 0.5) is 0 Å². The lowest BCUT2D eigenvalue weighted by Crippen LogP contribution is -2.43. The fraction of sp³-hybridized carbons (Fsp3) is 0.600. The van der Waals surface area contributed by atoms with Gasteiger partial charge in [0.25, 0.3) is 0 Å². The summed E-state index contributed by atoms with van der Waals surface area (Å²) in [5.41, 5.74) is 5.21. The predicted molar refractivity (Wildman–Crippen MR) is 149 cm³/mol. The molecular weight excluding hydrogens is 468 g/mol. The first-order valence-electron chi connectivity index (χ1n) is 13.4. The molecule has 0 bridgehead atoms. The van der Waals surface area contributed by atoms with Crippen LogP contribution in [-0.2, 0) is 19.4 Å². The molecule has 0 amide bonds. The molecule has 2 aromatic carbocycles. The van der Waals surface area contributed by atoms with E-state index in [4.69, 9.17) is 9.84 Å². The van der Waals surface area contributed by atoms with Gasteiger partial charge in [-0.1, -0.05) is 26.0 Å². The van der Waals surface area contributed by atoms with Crippen molar-refractivity contribution in [2.24, 2.45) is 0 Å². The number of aliphatic hydroxyl groups is 3. The molecule has 7 heteroatoms. The van der Waals surface area contributed by atoms with Gasteiger partial charge in [-0.05, 0) is 94.3 Å². The number of benzene rings is 2. The van der Waals surface area contributed by atoms with Gasteiger partial charge in [-0.3, -0.25) is 0 Å². The second-order valence-electron chi connectivity index (χ2n) is 11.4.